The second kappa shape index (κ2) is 4.03. The van der Waals surface area contributed by atoms with E-state index in [1.165, 1.54) is 17.4 Å². The molecule has 3 rings (SSSR count). The number of fused-ring (bicyclic) bond motifs is 1. The Morgan fingerprint density at radius 3 is 3.00 bits per heavy atom. The number of carbonyl (C=O) groups excluding carboxylic acids is 1. The predicted molar refractivity (Wildman–Crippen MR) is 61.4 cm³/mol. The van der Waals surface area contributed by atoms with Crippen molar-refractivity contribution in [3.63, 3.8) is 0 Å². The van der Waals surface area contributed by atoms with Gasteiger partial charge < -0.3 is 15.2 Å². The van der Waals surface area contributed by atoms with Crippen LogP contribution in [0.4, 0.5) is 5.82 Å². The van der Waals surface area contributed by atoms with Gasteiger partial charge in [0.1, 0.15) is 6.26 Å². The first-order valence-corrected chi connectivity index (χ1v) is 5.37. The van der Waals surface area contributed by atoms with Gasteiger partial charge in [-0.2, -0.15) is 0 Å². The molecule has 86 valence electrons. The maximum absolute atomic E-state index is 11.9. The fourth-order valence-corrected chi connectivity index (χ4v) is 1.90. The molecule has 0 spiro atoms. The standard InChI is InChI=1S/C12H11N3O2/c16-12(14-11-3-4-17-15-11)8-1-2-9-6-13-7-10(9)5-8/h1-5,13H,6-7H2,(H,14,15,16). The molecule has 0 aliphatic carbocycles. The van der Waals surface area contributed by atoms with Crippen LogP contribution in [0.1, 0.15) is 21.5 Å². The Balaban J connectivity index is 1.82. The number of benzene rings is 1. The van der Waals surface area contributed by atoms with Crippen LogP contribution in [0, 0.1) is 0 Å². The number of nitrogens with zero attached hydrogens (tertiary/aromatic N) is 1. The lowest BCUT2D eigenvalue weighted by atomic mass is 10.1. The molecule has 1 aromatic carbocycles. The van der Waals surface area contributed by atoms with Gasteiger partial charge in [0.25, 0.3) is 5.91 Å². The van der Waals surface area contributed by atoms with Crippen LogP contribution >= 0.6 is 0 Å². The highest BCUT2D eigenvalue weighted by atomic mass is 16.5. The summed E-state index contributed by atoms with van der Waals surface area (Å²) < 4.78 is 4.65. The van der Waals surface area contributed by atoms with Crippen molar-refractivity contribution in [2.45, 2.75) is 13.1 Å². The fourth-order valence-electron chi connectivity index (χ4n) is 1.90. The van der Waals surface area contributed by atoms with E-state index in [0.717, 1.165) is 13.1 Å². The zero-order chi connectivity index (χ0) is 11.7. The number of carbonyl (C=O) groups is 1. The van der Waals surface area contributed by atoms with Crippen LogP contribution in [0.15, 0.2) is 35.1 Å². The van der Waals surface area contributed by atoms with E-state index in [1.807, 2.05) is 18.2 Å². The van der Waals surface area contributed by atoms with Crippen LogP contribution in [0.2, 0.25) is 0 Å². The summed E-state index contributed by atoms with van der Waals surface area (Å²) in [6.07, 6.45) is 1.42. The number of amides is 1. The lowest BCUT2D eigenvalue weighted by Crippen LogP contribution is -2.12. The highest BCUT2D eigenvalue weighted by molar-refractivity contribution is 6.03. The Bertz CT molecular complexity index is 549. The SMILES string of the molecule is O=C(Nc1ccon1)c1ccc2c(c1)CNC2. The molecule has 1 aliphatic heterocycles. The van der Waals surface area contributed by atoms with Gasteiger partial charge in [0.05, 0.1) is 0 Å². The minimum Gasteiger partial charge on any atom is -0.363 e. The largest absolute Gasteiger partial charge is 0.363 e. The lowest BCUT2D eigenvalue weighted by molar-refractivity contribution is 0.102. The van der Waals surface area contributed by atoms with E-state index in [-0.39, 0.29) is 5.91 Å². The number of aromatic nitrogens is 1. The maximum Gasteiger partial charge on any atom is 0.256 e. The van der Waals surface area contributed by atoms with E-state index < -0.39 is 0 Å². The van der Waals surface area contributed by atoms with Crippen LogP contribution in [0.5, 0.6) is 0 Å². The Hall–Kier alpha value is -2.14. The van der Waals surface area contributed by atoms with Crippen LogP contribution in [-0.4, -0.2) is 11.1 Å². The smallest absolute Gasteiger partial charge is 0.256 e. The molecule has 1 aliphatic rings. The highest BCUT2D eigenvalue weighted by Gasteiger charge is 2.13. The molecule has 17 heavy (non-hydrogen) atoms. The van der Waals surface area contributed by atoms with Crippen LogP contribution in [0.25, 0.3) is 0 Å². The van der Waals surface area contributed by atoms with Crippen LogP contribution < -0.4 is 10.6 Å². The normalized spacial score (nSPS) is 13.4. The second-order valence-electron chi connectivity index (χ2n) is 3.93. The Labute approximate surface area is 97.8 Å². The third-order valence-corrected chi connectivity index (χ3v) is 2.78. The number of nitrogens with one attached hydrogen (secondary N) is 2. The molecule has 0 bridgehead atoms. The summed E-state index contributed by atoms with van der Waals surface area (Å²) >= 11 is 0. The molecule has 2 heterocycles. The molecule has 0 radical (unpaired) electrons. The van der Waals surface area contributed by atoms with Gasteiger partial charge in [0, 0.05) is 24.7 Å². The number of hydrogen-bond acceptors (Lipinski definition) is 4. The van der Waals surface area contributed by atoms with Gasteiger partial charge in [-0.25, -0.2) is 0 Å². The van der Waals surface area contributed by atoms with Gasteiger partial charge in [-0.05, 0) is 23.3 Å². The second-order valence-corrected chi connectivity index (χ2v) is 3.93. The van der Waals surface area contributed by atoms with Gasteiger partial charge in [-0.15, -0.1) is 0 Å². The predicted octanol–water partition coefficient (Wildman–Crippen LogP) is 1.53. The molecular weight excluding hydrogens is 218 g/mol. The van der Waals surface area contributed by atoms with Crippen molar-refractivity contribution in [3.8, 4) is 0 Å². The van der Waals surface area contributed by atoms with Crippen molar-refractivity contribution in [2.24, 2.45) is 0 Å². The molecule has 5 heteroatoms. The number of anilines is 1. The highest BCUT2D eigenvalue weighted by Crippen LogP contribution is 2.17. The molecule has 0 unspecified atom stereocenters. The van der Waals surface area contributed by atoms with Gasteiger partial charge >= 0.3 is 0 Å². The zero-order valence-electron chi connectivity index (χ0n) is 9.06. The molecule has 2 aromatic rings. The molecule has 0 saturated carbocycles. The lowest BCUT2D eigenvalue weighted by Gasteiger charge is -2.03. The molecular formula is C12H11N3O2. The van der Waals surface area contributed by atoms with Gasteiger partial charge in [0.15, 0.2) is 5.82 Å². The molecule has 2 N–H and O–H groups in total. The van der Waals surface area contributed by atoms with E-state index in [2.05, 4.69) is 20.3 Å². The van der Waals surface area contributed by atoms with Crippen molar-refractivity contribution in [1.82, 2.24) is 10.5 Å². The van der Waals surface area contributed by atoms with Gasteiger partial charge in [-0.3, -0.25) is 4.79 Å². The average Bonchev–Trinajstić information content (AvgIpc) is 2.97. The van der Waals surface area contributed by atoms with Crippen molar-refractivity contribution in [2.75, 3.05) is 5.32 Å². The van der Waals surface area contributed by atoms with E-state index >= 15 is 0 Å². The van der Waals surface area contributed by atoms with Crippen molar-refractivity contribution >= 4 is 11.7 Å². The van der Waals surface area contributed by atoms with Crippen LogP contribution in [-0.2, 0) is 13.1 Å². The van der Waals surface area contributed by atoms with Gasteiger partial charge in [0.2, 0.25) is 0 Å². The average molecular weight is 229 g/mol. The summed E-state index contributed by atoms with van der Waals surface area (Å²) in [4.78, 5) is 11.9. The quantitative estimate of drug-likeness (QED) is 0.819. The van der Waals surface area contributed by atoms with Crippen LogP contribution in [0.3, 0.4) is 0 Å². The fraction of sp³-hybridized carbons (Fsp3) is 0.167. The van der Waals surface area contributed by atoms with E-state index in [0.29, 0.717) is 11.4 Å². The summed E-state index contributed by atoms with van der Waals surface area (Å²) in [5.74, 6) is 0.252. The minimum absolute atomic E-state index is 0.173. The zero-order valence-corrected chi connectivity index (χ0v) is 9.06. The monoisotopic (exact) mass is 229 g/mol. The summed E-state index contributed by atoms with van der Waals surface area (Å²) in [5, 5.41) is 9.54. The molecule has 5 nitrogen and oxygen atoms in total. The van der Waals surface area contributed by atoms with Crippen molar-refractivity contribution in [1.29, 1.82) is 0 Å². The first-order valence-electron chi connectivity index (χ1n) is 5.37. The minimum atomic E-state index is -0.173. The Morgan fingerprint density at radius 1 is 1.29 bits per heavy atom. The number of rotatable bonds is 2. The summed E-state index contributed by atoms with van der Waals surface area (Å²) in [7, 11) is 0. The van der Waals surface area contributed by atoms with Gasteiger partial charge in [-0.1, -0.05) is 11.2 Å². The van der Waals surface area contributed by atoms with E-state index in [9.17, 15) is 4.79 Å². The first-order chi connectivity index (χ1) is 8.33. The van der Waals surface area contributed by atoms with Crippen molar-refractivity contribution < 1.29 is 9.32 Å². The molecule has 0 fully saturated rings. The number of hydrogen-bond donors (Lipinski definition) is 2. The van der Waals surface area contributed by atoms with E-state index in [4.69, 9.17) is 0 Å². The molecule has 1 aromatic heterocycles. The Kier molecular flexibility index (Phi) is 2.38. The third-order valence-electron chi connectivity index (χ3n) is 2.78. The topological polar surface area (TPSA) is 67.2 Å². The summed E-state index contributed by atoms with van der Waals surface area (Å²) in [5.41, 5.74) is 3.07. The maximum atomic E-state index is 11.9. The first kappa shape index (κ1) is 10.0. The van der Waals surface area contributed by atoms with Crippen molar-refractivity contribution in [3.05, 3.63) is 47.2 Å². The molecule has 0 atom stereocenters. The third kappa shape index (κ3) is 1.92. The molecule has 0 saturated heterocycles. The van der Waals surface area contributed by atoms with E-state index in [1.54, 1.807) is 6.07 Å². The summed E-state index contributed by atoms with van der Waals surface area (Å²) in [6, 6.07) is 7.31. The Morgan fingerprint density at radius 2 is 2.18 bits per heavy atom. The summed E-state index contributed by atoms with van der Waals surface area (Å²) in [6.45, 7) is 1.70. The molecule has 1 amide bonds.